The maximum Gasteiger partial charge on any atom is 0.242 e. The van der Waals surface area contributed by atoms with Crippen molar-refractivity contribution in [1.29, 1.82) is 0 Å². The molecule has 1 saturated heterocycles. The van der Waals surface area contributed by atoms with Gasteiger partial charge in [-0.1, -0.05) is 6.42 Å². The van der Waals surface area contributed by atoms with E-state index in [1.54, 1.807) is 4.90 Å². The molecule has 1 heterocycles. The highest BCUT2D eigenvalue weighted by atomic mass is 35.5. The zero-order valence-corrected chi connectivity index (χ0v) is 13.4. The molecule has 3 N–H and O–H groups in total. The van der Waals surface area contributed by atoms with E-state index in [1.165, 1.54) is 6.42 Å². The number of nitrogens with one attached hydrogen (secondary N) is 1. The van der Waals surface area contributed by atoms with E-state index in [0.717, 1.165) is 25.7 Å². The minimum atomic E-state index is -0.327. The zero-order valence-electron chi connectivity index (χ0n) is 12.6. The van der Waals surface area contributed by atoms with Crippen LogP contribution in [-0.2, 0) is 9.59 Å². The number of amides is 2. The third-order valence-corrected chi connectivity index (χ3v) is 5.54. The van der Waals surface area contributed by atoms with Crippen LogP contribution >= 0.6 is 12.4 Å². The van der Waals surface area contributed by atoms with Gasteiger partial charge in [0.25, 0.3) is 0 Å². The summed E-state index contributed by atoms with van der Waals surface area (Å²) in [5, 5.41) is 2.81. The average Bonchev–Trinajstić information content (AvgIpc) is 2.41. The molecule has 3 rings (SSSR count). The van der Waals surface area contributed by atoms with Crippen LogP contribution < -0.4 is 11.1 Å². The number of halogens is 1. The number of hydrogen-bond donors (Lipinski definition) is 2. The van der Waals surface area contributed by atoms with Crippen molar-refractivity contribution in [3.8, 4) is 0 Å². The van der Waals surface area contributed by atoms with Crippen LogP contribution in [0.1, 0.15) is 39.0 Å². The quantitative estimate of drug-likeness (QED) is 0.755. The van der Waals surface area contributed by atoms with E-state index in [9.17, 15) is 9.59 Å². The molecule has 5 nitrogen and oxygen atoms in total. The molecule has 2 aliphatic carbocycles. The molecule has 2 saturated carbocycles. The summed E-state index contributed by atoms with van der Waals surface area (Å²) in [4.78, 5) is 26.2. The SMILES string of the molecule is CC1C(=O)NCCN1C(=O)C1CC2CCCC(C1)C2N.Cl. The molecule has 6 heteroatoms. The Morgan fingerprint density at radius 2 is 1.90 bits per heavy atom. The van der Waals surface area contributed by atoms with Gasteiger partial charge in [0.05, 0.1) is 0 Å². The molecule has 1 aliphatic heterocycles. The number of hydrogen-bond acceptors (Lipinski definition) is 3. The summed E-state index contributed by atoms with van der Waals surface area (Å²) >= 11 is 0. The number of carbonyl (C=O) groups excluding carboxylic acids is 2. The normalized spacial score (nSPS) is 39.2. The molecule has 3 atom stereocenters. The van der Waals surface area contributed by atoms with Crippen molar-refractivity contribution in [2.24, 2.45) is 23.5 Å². The van der Waals surface area contributed by atoms with Crippen LogP contribution in [0, 0.1) is 17.8 Å². The van der Waals surface area contributed by atoms with Gasteiger partial charge in [-0.05, 0) is 44.4 Å². The minimum Gasteiger partial charge on any atom is -0.353 e. The number of nitrogens with zero attached hydrogens (tertiary/aromatic N) is 1. The Bertz CT molecular complexity index is 404. The first kappa shape index (κ1) is 16.6. The second kappa shape index (κ2) is 6.53. The molecule has 120 valence electrons. The van der Waals surface area contributed by atoms with Gasteiger partial charge in [0, 0.05) is 25.0 Å². The first-order chi connectivity index (χ1) is 9.58. The van der Waals surface area contributed by atoms with Gasteiger partial charge in [-0.25, -0.2) is 0 Å². The van der Waals surface area contributed by atoms with Crippen molar-refractivity contribution in [1.82, 2.24) is 10.2 Å². The Kier molecular flexibility index (Phi) is 5.15. The van der Waals surface area contributed by atoms with Gasteiger partial charge >= 0.3 is 0 Å². The van der Waals surface area contributed by atoms with Gasteiger partial charge in [-0.2, -0.15) is 0 Å². The van der Waals surface area contributed by atoms with Crippen molar-refractivity contribution < 1.29 is 9.59 Å². The van der Waals surface area contributed by atoms with E-state index in [1.807, 2.05) is 6.92 Å². The Labute approximate surface area is 132 Å². The predicted octanol–water partition coefficient (Wildman–Crippen LogP) is 0.909. The fraction of sp³-hybridized carbons (Fsp3) is 0.867. The highest BCUT2D eigenvalue weighted by Crippen LogP contribution is 2.42. The fourth-order valence-corrected chi connectivity index (χ4v) is 4.31. The first-order valence-electron chi connectivity index (χ1n) is 7.91. The molecule has 0 spiro atoms. The second-order valence-corrected chi connectivity index (χ2v) is 6.70. The molecular weight excluding hydrogens is 290 g/mol. The summed E-state index contributed by atoms with van der Waals surface area (Å²) in [7, 11) is 0. The largest absolute Gasteiger partial charge is 0.353 e. The van der Waals surface area contributed by atoms with Gasteiger partial charge in [0.1, 0.15) is 6.04 Å². The minimum absolute atomic E-state index is 0. The Morgan fingerprint density at radius 1 is 1.29 bits per heavy atom. The molecule has 0 radical (unpaired) electrons. The summed E-state index contributed by atoms with van der Waals surface area (Å²) in [6.45, 7) is 3.04. The number of fused-ring (bicyclic) bond motifs is 2. The molecule has 3 fully saturated rings. The summed E-state index contributed by atoms with van der Waals surface area (Å²) in [5.41, 5.74) is 6.29. The van der Waals surface area contributed by atoms with Crippen LogP contribution in [0.5, 0.6) is 0 Å². The Morgan fingerprint density at radius 3 is 2.52 bits per heavy atom. The maximum atomic E-state index is 12.8. The van der Waals surface area contributed by atoms with Gasteiger partial charge in [-0.15, -0.1) is 12.4 Å². The van der Waals surface area contributed by atoms with Crippen molar-refractivity contribution in [3.63, 3.8) is 0 Å². The van der Waals surface area contributed by atoms with Crippen LogP contribution in [0.4, 0.5) is 0 Å². The number of rotatable bonds is 1. The smallest absolute Gasteiger partial charge is 0.242 e. The third kappa shape index (κ3) is 3.04. The average molecular weight is 316 g/mol. The van der Waals surface area contributed by atoms with Crippen LogP contribution in [-0.4, -0.2) is 41.9 Å². The standard InChI is InChI=1S/C15H25N3O2.ClH/c1-9-14(19)17-5-6-18(9)15(20)12-7-10-3-2-4-11(8-12)13(10)16;/h9-13H,2-8,16H2,1H3,(H,17,19);1H. The fourth-order valence-electron chi connectivity index (χ4n) is 4.31. The number of nitrogens with two attached hydrogens (primary N) is 1. The molecule has 0 aromatic heterocycles. The lowest BCUT2D eigenvalue weighted by Crippen LogP contribution is -2.58. The predicted molar refractivity (Wildman–Crippen MR) is 83.0 cm³/mol. The van der Waals surface area contributed by atoms with Gasteiger partial charge in [0.15, 0.2) is 0 Å². The van der Waals surface area contributed by atoms with Crippen LogP contribution in [0.2, 0.25) is 0 Å². The van der Waals surface area contributed by atoms with Crippen LogP contribution in [0.15, 0.2) is 0 Å². The first-order valence-corrected chi connectivity index (χ1v) is 7.91. The van der Waals surface area contributed by atoms with E-state index in [0.29, 0.717) is 24.9 Å². The van der Waals surface area contributed by atoms with Gasteiger partial charge in [0.2, 0.25) is 11.8 Å². The van der Waals surface area contributed by atoms with Gasteiger partial charge < -0.3 is 16.0 Å². The Hall–Kier alpha value is -0.810. The van der Waals surface area contributed by atoms with E-state index < -0.39 is 0 Å². The summed E-state index contributed by atoms with van der Waals surface area (Å²) in [6, 6.07) is -0.0402. The van der Waals surface area contributed by atoms with Crippen LogP contribution in [0.3, 0.4) is 0 Å². The van der Waals surface area contributed by atoms with Crippen molar-refractivity contribution in [3.05, 3.63) is 0 Å². The summed E-state index contributed by atoms with van der Waals surface area (Å²) in [6.07, 6.45) is 5.42. The zero-order chi connectivity index (χ0) is 14.3. The molecule has 3 aliphatic rings. The number of carbonyl (C=O) groups is 2. The van der Waals surface area contributed by atoms with E-state index in [2.05, 4.69) is 5.32 Å². The molecule has 2 bridgehead atoms. The van der Waals surface area contributed by atoms with Gasteiger partial charge in [-0.3, -0.25) is 9.59 Å². The van der Waals surface area contributed by atoms with E-state index >= 15 is 0 Å². The topological polar surface area (TPSA) is 75.4 Å². The van der Waals surface area contributed by atoms with E-state index in [-0.39, 0.29) is 42.2 Å². The Balaban J connectivity index is 0.00000161. The van der Waals surface area contributed by atoms with E-state index in [4.69, 9.17) is 5.73 Å². The lowest BCUT2D eigenvalue weighted by atomic mass is 9.65. The maximum absolute atomic E-state index is 12.8. The van der Waals surface area contributed by atoms with Crippen LogP contribution in [0.25, 0.3) is 0 Å². The molecule has 0 aromatic carbocycles. The lowest BCUT2D eigenvalue weighted by Gasteiger charge is -2.45. The van der Waals surface area contributed by atoms with Crippen molar-refractivity contribution in [2.45, 2.75) is 51.1 Å². The second-order valence-electron chi connectivity index (χ2n) is 6.70. The highest BCUT2D eigenvalue weighted by molar-refractivity contribution is 5.89. The molecule has 0 aromatic rings. The number of piperazine rings is 1. The lowest BCUT2D eigenvalue weighted by molar-refractivity contribution is -0.147. The third-order valence-electron chi connectivity index (χ3n) is 5.54. The highest BCUT2D eigenvalue weighted by Gasteiger charge is 2.43. The summed E-state index contributed by atoms with van der Waals surface area (Å²) in [5.74, 6) is 1.24. The van der Waals surface area contributed by atoms with Crippen molar-refractivity contribution in [2.75, 3.05) is 13.1 Å². The molecule has 21 heavy (non-hydrogen) atoms. The molecule has 2 amide bonds. The molecular formula is C15H26ClN3O2. The molecule has 3 unspecified atom stereocenters. The monoisotopic (exact) mass is 315 g/mol. The summed E-state index contributed by atoms with van der Waals surface area (Å²) < 4.78 is 0. The van der Waals surface area contributed by atoms with Crippen molar-refractivity contribution >= 4 is 24.2 Å².